The Morgan fingerprint density at radius 1 is 1.79 bits per heavy atom. The quantitative estimate of drug-likeness (QED) is 0.657. The predicted octanol–water partition coefficient (Wildman–Crippen LogP) is -0.0695. The molecule has 2 rings (SSSR count). The van der Waals surface area contributed by atoms with Crippen molar-refractivity contribution < 1.29 is 14.7 Å². The highest BCUT2D eigenvalue weighted by Gasteiger charge is 2.33. The fourth-order valence-corrected chi connectivity index (χ4v) is 1.62. The van der Waals surface area contributed by atoms with Gasteiger partial charge in [0.25, 0.3) is 0 Å². The number of anilines is 1. The average Bonchev–Trinajstić information content (AvgIpc) is 2.46. The van der Waals surface area contributed by atoms with Crippen LogP contribution in [0.15, 0.2) is 6.33 Å². The molecular formula is C8H9N3O3. The molecule has 74 valence electrons. The van der Waals surface area contributed by atoms with Crippen LogP contribution < -0.4 is 5.32 Å². The van der Waals surface area contributed by atoms with Crippen LogP contribution in [-0.4, -0.2) is 26.5 Å². The third-order valence-corrected chi connectivity index (χ3v) is 2.26. The Morgan fingerprint density at radius 2 is 2.50 bits per heavy atom. The summed E-state index contributed by atoms with van der Waals surface area (Å²) in [6.45, 7) is 0. The van der Waals surface area contributed by atoms with Gasteiger partial charge in [-0.05, 0) is 0 Å². The van der Waals surface area contributed by atoms with Crippen molar-refractivity contribution in [3.63, 3.8) is 0 Å². The lowest BCUT2D eigenvalue weighted by atomic mass is 9.98. The van der Waals surface area contributed by atoms with Crippen LogP contribution in [0.1, 0.15) is 18.0 Å². The second-order valence-corrected chi connectivity index (χ2v) is 3.23. The first-order valence-electron chi connectivity index (χ1n) is 4.13. The lowest BCUT2D eigenvalue weighted by Gasteiger charge is -2.19. The number of carboxylic acid groups (broad SMARTS) is 1. The highest BCUT2D eigenvalue weighted by Crippen LogP contribution is 2.30. The van der Waals surface area contributed by atoms with Gasteiger partial charge < -0.3 is 15.0 Å². The number of aryl methyl sites for hydroxylation is 1. The SMILES string of the molecule is Cn1cnc2c1[C@@H](C(=O)O)CC(=O)N2. The number of nitrogens with one attached hydrogen (secondary N) is 1. The average molecular weight is 195 g/mol. The Balaban J connectivity index is 2.51. The van der Waals surface area contributed by atoms with E-state index in [4.69, 9.17) is 5.11 Å². The van der Waals surface area contributed by atoms with Crippen LogP contribution in [0.2, 0.25) is 0 Å². The van der Waals surface area contributed by atoms with Crippen molar-refractivity contribution in [2.45, 2.75) is 12.3 Å². The second kappa shape index (κ2) is 2.83. The molecule has 6 nitrogen and oxygen atoms in total. The Labute approximate surface area is 79.6 Å². The number of nitrogens with zero attached hydrogens (tertiary/aromatic N) is 2. The van der Waals surface area contributed by atoms with E-state index in [0.29, 0.717) is 11.5 Å². The maximum atomic E-state index is 11.1. The van der Waals surface area contributed by atoms with Gasteiger partial charge in [-0.25, -0.2) is 4.98 Å². The van der Waals surface area contributed by atoms with Gasteiger partial charge in [0, 0.05) is 13.5 Å². The molecule has 1 amide bonds. The molecule has 0 saturated carbocycles. The van der Waals surface area contributed by atoms with E-state index >= 15 is 0 Å². The van der Waals surface area contributed by atoms with Crippen molar-refractivity contribution in [2.24, 2.45) is 7.05 Å². The minimum atomic E-state index is -0.996. The summed E-state index contributed by atoms with van der Waals surface area (Å²) in [5.74, 6) is -1.73. The molecule has 1 aromatic heterocycles. The Kier molecular flexibility index (Phi) is 1.77. The number of rotatable bonds is 1. The molecule has 1 aromatic rings. The Morgan fingerprint density at radius 3 is 3.14 bits per heavy atom. The number of carbonyl (C=O) groups is 2. The van der Waals surface area contributed by atoms with Gasteiger partial charge in [0.05, 0.1) is 12.0 Å². The van der Waals surface area contributed by atoms with Crippen LogP contribution in [0, 0.1) is 0 Å². The van der Waals surface area contributed by atoms with Crippen molar-refractivity contribution in [3.8, 4) is 0 Å². The minimum absolute atomic E-state index is 0.0259. The molecule has 6 heteroatoms. The molecule has 2 N–H and O–H groups in total. The zero-order valence-corrected chi connectivity index (χ0v) is 7.52. The van der Waals surface area contributed by atoms with Gasteiger partial charge in [-0.3, -0.25) is 9.59 Å². The van der Waals surface area contributed by atoms with Crippen molar-refractivity contribution in [2.75, 3.05) is 5.32 Å². The molecule has 1 aliphatic heterocycles. The van der Waals surface area contributed by atoms with Gasteiger partial charge in [0.15, 0.2) is 5.82 Å². The molecule has 1 atom stereocenters. The largest absolute Gasteiger partial charge is 0.481 e. The van der Waals surface area contributed by atoms with E-state index in [2.05, 4.69) is 10.3 Å². The predicted molar refractivity (Wildman–Crippen MR) is 46.8 cm³/mol. The first-order valence-corrected chi connectivity index (χ1v) is 4.13. The van der Waals surface area contributed by atoms with Crippen molar-refractivity contribution in [1.29, 1.82) is 0 Å². The Hall–Kier alpha value is -1.85. The third kappa shape index (κ3) is 1.15. The van der Waals surface area contributed by atoms with Crippen LogP contribution >= 0.6 is 0 Å². The maximum absolute atomic E-state index is 11.1. The number of carboxylic acids is 1. The molecule has 1 aliphatic rings. The molecule has 0 aromatic carbocycles. The Bertz CT molecular complexity index is 410. The summed E-state index contributed by atoms with van der Waals surface area (Å²) in [5, 5.41) is 11.5. The molecule has 0 aliphatic carbocycles. The zero-order chi connectivity index (χ0) is 10.3. The number of hydrogen-bond donors (Lipinski definition) is 2. The number of aromatic nitrogens is 2. The number of fused-ring (bicyclic) bond motifs is 1. The molecule has 2 heterocycles. The van der Waals surface area contributed by atoms with Gasteiger partial charge in [-0.15, -0.1) is 0 Å². The molecule has 0 fully saturated rings. The highest BCUT2D eigenvalue weighted by molar-refractivity contribution is 5.98. The summed E-state index contributed by atoms with van der Waals surface area (Å²) in [4.78, 5) is 25.9. The van der Waals surface area contributed by atoms with Crippen LogP contribution in [0.3, 0.4) is 0 Å². The molecular weight excluding hydrogens is 186 g/mol. The first-order chi connectivity index (χ1) is 6.59. The van der Waals surface area contributed by atoms with Crippen LogP contribution in [-0.2, 0) is 16.6 Å². The van der Waals surface area contributed by atoms with Crippen LogP contribution in [0.25, 0.3) is 0 Å². The summed E-state index contributed by atoms with van der Waals surface area (Å²) in [6, 6.07) is 0. The molecule has 0 saturated heterocycles. The van der Waals surface area contributed by atoms with Gasteiger partial charge in [-0.1, -0.05) is 0 Å². The van der Waals surface area contributed by atoms with Gasteiger partial charge in [-0.2, -0.15) is 0 Å². The zero-order valence-electron chi connectivity index (χ0n) is 7.52. The van der Waals surface area contributed by atoms with Gasteiger partial charge in [0.2, 0.25) is 5.91 Å². The summed E-state index contributed by atoms with van der Waals surface area (Å²) < 4.78 is 1.62. The number of aliphatic carboxylic acids is 1. The lowest BCUT2D eigenvalue weighted by Crippen LogP contribution is -2.28. The van der Waals surface area contributed by atoms with E-state index < -0.39 is 11.9 Å². The fourth-order valence-electron chi connectivity index (χ4n) is 1.62. The number of carbonyl (C=O) groups excluding carboxylic acids is 1. The van der Waals surface area contributed by atoms with Crippen molar-refractivity contribution in [3.05, 3.63) is 12.0 Å². The van der Waals surface area contributed by atoms with Crippen LogP contribution in [0.4, 0.5) is 5.82 Å². The molecule has 0 spiro atoms. The van der Waals surface area contributed by atoms with E-state index in [1.807, 2.05) is 0 Å². The van der Waals surface area contributed by atoms with E-state index in [9.17, 15) is 9.59 Å². The summed E-state index contributed by atoms with van der Waals surface area (Å²) in [5.41, 5.74) is 0.553. The third-order valence-electron chi connectivity index (χ3n) is 2.26. The summed E-state index contributed by atoms with van der Waals surface area (Å²) in [6.07, 6.45) is 1.47. The summed E-state index contributed by atoms with van der Waals surface area (Å²) in [7, 11) is 1.71. The number of amides is 1. The smallest absolute Gasteiger partial charge is 0.313 e. The lowest BCUT2D eigenvalue weighted by molar-refractivity contribution is -0.140. The van der Waals surface area contributed by atoms with E-state index in [1.165, 1.54) is 6.33 Å². The van der Waals surface area contributed by atoms with Gasteiger partial charge >= 0.3 is 5.97 Å². The number of imidazole rings is 1. The molecule has 0 unspecified atom stereocenters. The van der Waals surface area contributed by atoms with E-state index in [0.717, 1.165) is 0 Å². The molecule has 0 radical (unpaired) electrons. The highest BCUT2D eigenvalue weighted by atomic mass is 16.4. The van der Waals surface area contributed by atoms with Gasteiger partial charge in [0.1, 0.15) is 5.92 Å². The first kappa shape index (κ1) is 8.74. The standard InChI is InChI=1S/C8H9N3O3/c1-11-3-9-7-6(11)4(8(13)14)2-5(12)10-7/h3-4H,2H2,1H3,(H,10,12)(H,13,14)/t4-/m0/s1. The van der Waals surface area contributed by atoms with Crippen LogP contribution in [0.5, 0.6) is 0 Å². The van der Waals surface area contributed by atoms with E-state index in [-0.39, 0.29) is 12.3 Å². The second-order valence-electron chi connectivity index (χ2n) is 3.23. The minimum Gasteiger partial charge on any atom is -0.481 e. The van der Waals surface area contributed by atoms with Crippen molar-refractivity contribution in [1.82, 2.24) is 9.55 Å². The monoisotopic (exact) mass is 195 g/mol. The van der Waals surface area contributed by atoms with Crippen molar-refractivity contribution >= 4 is 17.7 Å². The topological polar surface area (TPSA) is 84.2 Å². The number of hydrogen-bond acceptors (Lipinski definition) is 3. The molecule has 0 bridgehead atoms. The fraction of sp³-hybridized carbons (Fsp3) is 0.375. The summed E-state index contributed by atoms with van der Waals surface area (Å²) >= 11 is 0. The molecule has 14 heavy (non-hydrogen) atoms. The van der Waals surface area contributed by atoms with E-state index in [1.54, 1.807) is 11.6 Å². The maximum Gasteiger partial charge on any atom is 0.313 e. The normalized spacial score (nSPS) is 20.1.